The van der Waals surface area contributed by atoms with Gasteiger partial charge in [-0.1, -0.05) is 72.1 Å². The van der Waals surface area contributed by atoms with Gasteiger partial charge in [0.15, 0.2) is 0 Å². The highest BCUT2D eigenvalue weighted by atomic mass is 32.2. The molecule has 0 saturated carbocycles. The van der Waals surface area contributed by atoms with E-state index in [4.69, 9.17) is 0 Å². The summed E-state index contributed by atoms with van der Waals surface area (Å²) in [6.45, 7) is 0. The SMILES string of the molecule is c1ccc2c(c1)N[C@@H](c1ccc([C@H]3Nc4ccccc4S3)cc1)S2. The van der Waals surface area contributed by atoms with E-state index in [1.165, 1.54) is 32.3 Å². The van der Waals surface area contributed by atoms with Crippen molar-refractivity contribution in [1.82, 2.24) is 0 Å². The Labute approximate surface area is 150 Å². The van der Waals surface area contributed by atoms with Crippen LogP contribution < -0.4 is 10.6 Å². The van der Waals surface area contributed by atoms with E-state index >= 15 is 0 Å². The molecule has 24 heavy (non-hydrogen) atoms. The Hall–Kier alpha value is -2.04. The van der Waals surface area contributed by atoms with Gasteiger partial charge < -0.3 is 10.6 Å². The topological polar surface area (TPSA) is 24.1 Å². The average Bonchev–Trinajstić information content (AvgIpc) is 3.25. The highest BCUT2D eigenvalue weighted by Gasteiger charge is 2.24. The Balaban J connectivity index is 1.34. The second-order valence-corrected chi connectivity index (χ2v) is 8.24. The summed E-state index contributed by atoms with van der Waals surface area (Å²) in [5.74, 6) is 0. The van der Waals surface area contributed by atoms with Gasteiger partial charge in [-0.15, -0.1) is 0 Å². The summed E-state index contributed by atoms with van der Waals surface area (Å²) in [5.41, 5.74) is 5.11. The Morgan fingerprint density at radius 3 is 1.38 bits per heavy atom. The van der Waals surface area contributed by atoms with Gasteiger partial charge in [0, 0.05) is 21.2 Å². The Morgan fingerprint density at radius 1 is 0.542 bits per heavy atom. The predicted molar refractivity (Wildman–Crippen MR) is 104 cm³/mol. The number of nitrogens with one attached hydrogen (secondary N) is 2. The van der Waals surface area contributed by atoms with Crippen molar-refractivity contribution in [3.8, 4) is 0 Å². The zero-order valence-corrected chi connectivity index (χ0v) is 14.5. The number of rotatable bonds is 2. The molecule has 0 unspecified atom stereocenters. The maximum absolute atomic E-state index is 3.60. The van der Waals surface area contributed by atoms with Crippen molar-refractivity contribution in [3.63, 3.8) is 0 Å². The second-order valence-electron chi connectivity index (χ2n) is 5.94. The van der Waals surface area contributed by atoms with Gasteiger partial charge in [0.1, 0.15) is 10.7 Å². The number of hydrogen-bond acceptors (Lipinski definition) is 4. The van der Waals surface area contributed by atoms with Crippen molar-refractivity contribution >= 4 is 34.9 Å². The minimum Gasteiger partial charge on any atom is -0.368 e. The van der Waals surface area contributed by atoms with E-state index in [0.29, 0.717) is 10.7 Å². The number of fused-ring (bicyclic) bond motifs is 2. The minimum absolute atomic E-state index is 0.304. The molecule has 2 aliphatic heterocycles. The van der Waals surface area contributed by atoms with Crippen LogP contribution in [0.5, 0.6) is 0 Å². The number of thioether (sulfide) groups is 2. The molecule has 0 amide bonds. The monoisotopic (exact) mass is 348 g/mol. The molecule has 2 nitrogen and oxygen atoms in total. The number of anilines is 2. The van der Waals surface area contributed by atoms with Gasteiger partial charge in [0.05, 0.1) is 0 Å². The van der Waals surface area contributed by atoms with Gasteiger partial charge in [-0.3, -0.25) is 0 Å². The first-order valence-corrected chi connectivity index (χ1v) is 9.77. The van der Waals surface area contributed by atoms with Gasteiger partial charge in [-0.2, -0.15) is 0 Å². The molecule has 0 aliphatic carbocycles. The van der Waals surface area contributed by atoms with E-state index in [0.717, 1.165) is 0 Å². The molecule has 3 aromatic rings. The lowest BCUT2D eigenvalue weighted by molar-refractivity contribution is 1.10. The third kappa shape index (κ3) is 2.46. The Bertz CT molecular complexity index is 768. The summed E-state index contributed by atoms with van der Waals surface area (Å²) in [6.07, 6.45) is 0. The number of benzene rings is 3. The van der Waals surface area contributed by atoms with Crippen molar-refractivity contribution in [3.05, 3.63) is 83.9 Å². The summed E-state index contributed by atoms with van der Waals surface area (Å²) in [4.78, 5) is 2.66. The molecule has 0 saturated heterocycles. The third-order valence-electron chi connectivity index (χ3n) is 4.38. The summed E-state index contributed by atoms with van der Waals surface area (Å²) >= 11 is 3.77. The van der Waals surface area contributed by atoms with Gasteiger partial charge in [0.2, 0.25) is 0 Å². The zero-order chi connectivity index (χ0) is 15.9. The molecule has 3 aromatic carbocycles. The molecule has 2 aliphatic rings. The zero-order valence-electron chi connectivity index (χ0n) is 12.9. The Morgan fingerprint density at radius 2 is 0.958 bits per heavy atom. The van der Waals surface area contributed by atoms with Crippen molar-refractivity contribution in [2.24, 2.45) is 0 Å². The van der Waals surface area contributed by atoms with E-state index in [1.807, 2.05) is 23.5 Å². The smallest absolute Gasteiger partial charge is 0.103 e. The van der Waals surface area contributed by atoms with E-state index in [1.54, 1.807) is 0 Å². The van der Waals surface area contributed by atoms with E-state index in [-0.39, 0.29) is 0 Å². The van der Waals surface area contributed by atoms with Crippen molar-refractivity contribution in [2.45, 2.75) is 20.5 Å². The first-order valence-electron chi connectivity index (χ1n) is 8.01. The van der Waals surface area contributed by atoms with E-state index < -0.39 is 0 Å². The lowest BCUT2D eigenvalue weighted by Gasteiger charge is -2.14. The first-order chi connectivity index (χ1) is 11.9. The second kappa shape index (κ2) is 5.80. The average molecular weight is 348 g/mol. The number of hydrogen-bond donors (Lipinski definition) is 2. The van der Waals surface area contributed by atoms with Crippen LogP contribution in [-0.4, -0.2) is 0 Å². The third-order valence-corrected chi connectivity index (χ3v) is 6.85. The quantitative estimate of drug-likeness (QED) is 0.582. The summed E-state index contributed by atoms with van der Waals surface area (Å²) in [7, 11) is 0. The molecule has 0 bridgehead atoms. The molecule has 0 fully saturated rings. The lowest BCUT2D eigenvalue weighted by atomic mass is 10.1. The lowest BCUT2D eigenvalue weighted by Crippen LogP contribution is -2.04. The van der Waals surface area contributed by atoms with E-state index in [2.05, 4.69) is 83.4 Å². The van der Waals surface area contributed by atoms with Crippen LogP contribution in [-0.2, 0) is 0 Å². The molecule has 2 N–H and O–H groups in total. The highest BCUT2D eigenvalue weighted by molar-refractivity contribution is 8.00. The molecular weight excluding hydrogens is 332 g/mol. The standard InChI is InChI=1S/C20H16N2S2/c1-3-7-17-15(5-1)21-19(23-17)13-9-11-14(12-10-13)20-22-16-6-2-4-8-18(16)24-20/h1-12,19-22H/t19-,20+. The fourth-order valence-corrected chi connectivity index (χ4v) is 5.41. The highest BCUT2D eigenvalue weighted by Crippen LogP contribution is 2.48. The van der Waals surface area contributed by atoms with Gasteiger partial charge in [-0.05, 0) is 35.4 Å². The minimum atomic E-state index is 0.304. The molecule has 5 rings (SSSR count). The van der Waals surface area contributed by atoms with E-state index in [9.17, 15) is 0 Å². The van der Waals surface area contributed by atoms with Crippen LogP contribution in [0, 0.1) is 0 Å². The molecule has 2 heterocycles. The van der Waals surface area contributed by atoms with Gasteiger partial charge >= 0.3 is 0 Å². The largest absolute Gasteiger partial charge is 0.368 e. The molecule has 118 valence electrons. The van der Waals surface area contributed by atoms with Crippen molar-refractivity contribution in [2.75, 3.05) is 10.6 Å². The molecule has 0 spiro atoms. The van der Waals surface area contributed by atoms with Crippen molar-refractivity contribution in [1.29, 1.82) is 0 Å². The summed E-state index contributed by atoms with van der Waals surface area (Å²) < 4.78 is 0. The molecule has 4 heteroatoms. The van der Waals surface area contributed by atoms with Crippen LogP contribution in [0.25, 0.3) is 0 Å². The Kier molecular flexibility index (Phi) is 3.46. The van der Waals surface area contributed by atoms with Crippen LogP contribution in [0.15, 0.2) is 82.6 Å². The van der Waals surface area contributed by atoms with Crippen LogP contribution >= 0.6 is 23.5 Å². The maximum Gasteiger partial charge on any atom is 0.103 e. The molecule has 0 aromatic heterocycles. The first kappa shape index (κ1) is 14.3. The van der Waals surface area contributed by atoms with Crippen LogP contribution in [0.1, 0.15) is 21.9 Å². The fourth-order valence-electron chi connectivity index (χ4n) is 3.12. The number of para-hydroxylation sites is 2. The maximum atomic E-state index is 3.60. The molecule has 0 radical (unpaired) electrons. The van der Waals surface area contributed by atoms with Crippen LogP contribution in [0.4, 0.5) is 11.4 Å². The fraction of sp³-hybridized carbons (Fsp3) is 0.100. The normalized spacial score (nSPS) is 20.8. The summed E-state index contributed by atoms with van der Waals surface area (Å²) in [5, 5.41) is 7.80. The molecule has 2 atom stereocenters. The van der Waals surface area contributed by atoms with Crippen LogP contribution in [0.2, 0.25) is 0 Å². The summed E-state index contributed by atoms with van der Waals surface area (Å²) in [6, 6.07) is 26.0. The van der Waals surface area contributed by atoms with Gasteiger partial charge in [-0.25, -0.2) is 0 Å². The predicted octanol–water partition coefficient (Wildman–Crippen LogP) is 6.12. The molecular formula is C20H16N2S2. The van der Waals surface area contributed by atoms with Crippen molar-refractivity contribution < 1.29 is 0 Å². The van der Waals surface area contributed by atoms with Gasteiger partial charge in [0.25, 0.3) is 0 Å². The van der Waals surface area contributed by atoms with Crippen LogP contribution in [0.3, 0.4) is 0 Å².